The van der Waals surface area contributed by atoms with Gasteiger partial charge in [-0.2, -0.15) is 0 Å². The topological polar surface area (TPSA) is 75.6 Å². The molecule has 122 valence electrons. The van der Waals surface area contributed by atoms with Crippen LogP contribution >= 0.6 is 0 Å². The Balaban J connectivity index is 3.02. The number of alkyl halides is 2. The van der Waals surface area contributed by atoms with Crippen molar-refractivity contribution in [3.8, 4) is 0 Å². The molecule has 1 amide bonds. The highest BCUT2D eigenvalue weighted by Gasteiger charge is 2.28. The van der Waals surface area contributed by atoms with Crippen LogP contribution in [0.2, 0.25) is 0 Å². The van der Waals surface area contributed by atoms with Gasteiger partial charge in [0.2, 0.25) is 6.43 Å². The van der Waals surface area contributed by atoms with Crippen LogP contribution in [-0.4, -0.2) is 29.2 Å². The quantitative estimate of drug-likeness (QED) is 0.865. The van der Waals surface area contributed by atoms with Crippen LogP contribution in [0.5, 0.6) is 0 Å². The van der Waals surface area contributed by atoms with E-state index < -0.39 is 36.4 Å². The standard InChI is InChI=1S/C15H19F2NO4/c1-15(2,3)22-14(21)18-11-7-5-4-6-9(11)10(13(16)17)8-12(19)20/h4-7,10,13H,8H2,1-3H3,(H,18,21)(H,19,20). The molecule has 0 spiro atoms. The van der Waals surface area contributed by atoms with Gasteiger partial charge in [0.1, 0.15) is 5.60 Å². The number of para-hydroxylation sites is 1. The number of carboxylic acids is 1. The molecule has 1 atom stereocenters. The summed E-state index contributed by atoms with van der Waals surface area (Å²) < 4.78 is 31.3. The predicted molar refractivity (Wildman–Crippen MR) is 77.3 cm³/mol. The second-order valence-corrected chi connectivity index (χ2v) is 5.75. The molecule has 0 radical (unpaired) electrons. The maximum Gasteiger partial charge on any atom is 0.412 e. The Morgan fingerprint density at radius 2 is 1.86 bits per heavy atom. The van der Waals surface area contributed by atoms with Gasteiger partial charge in [0.15, 0.2) is 0 Å². The monoisotopic (exact) mass is 315 g/mol. The summed E-state index contributed by atoms with van der Waals surface area (Å²) in [5, 5.41) is 11.2. The van der Waals surface area contributed by atoms with Crippen LogP contribution < -0.4 is 5.32 Å². The number of hydrogen-bond acceptors (Lipinski definition) is 3. The van der Waals surface area contributed by atoms with E-state index in [1.54, 1.807) is 26.8 Å². The van der Waals surface area contributed by atoms with Crippen LogP contribution in [0, 0.1) is 0 Å². The Morgan fingerprint density at radius 1 is 1.27 bits per heavy atom. The zero-order valence-corrected chi connectivity index (χ0v) is 12.6. The lowest BCUT2D eigenvalue weighted by molar-refractivity contribution is -0.138. The minimum absolute atomic E-state index is 0.0609. The van der Waals surface area contributed by atoms with Crippen molar-refractivity contribution >= 4 is 17.7 Å². The number of anilines is 1. The third-order valence-corrected chi connectivity index (χ3v) is 2.69. The van der Waals surface area contributed by atoms with E-state index in [1.165, 1.54) is 18.2 Å². The Labute approximate surface area is 127 Å². The van der Waals surface area contributed by atoms with Gasteiger partial charge < -0.3 is 9.84 Å². The summed E-state index contributed by atoms with van der Waals surface area (Å²) in [4.78, 5) is 22.5. The molecule has 1 aromatic carbocycles. The van der Waals surface area contributed by atoms with E-state index in [-0.39, 0.29) is 11.3 Å². The predicted octanol–water partition coefficient (Wildman–Crippen LogP) is 3.86. The molecule has 0 heterocycles. The molecule has 0 aliphatic heterocycles. The number of carboxylic acid groups (broad SMARTS) is 1. The van der Waals surface area contributed by atoms with Gasteiger partial charge in [0, 0.05) is 5.69 Å². The SMILES string of the molecule is CC(C)(C)OC(=O)Nc1ccccc1C(CC(=O)O)C(F)F. The second-order valence-electron chi connectivity index (χ2n) is 5.75. The largest absolute Gasteiger partial charge is 0.481 e. The van der Waals surface area contributed by atoms with Crippen molar-refractivity contribution in [2.75, 3.05) is 5.32 Å². The highest BCUT2D eigenvalue weighted by molar-refractivity contribution is 5.86. The number of benzene rings is 1. The normalized spacial score (nSPS) is 12.8. The van der Waals surface area contributed by atoms with E-state index in [0.29, 0.717) is 0 Å². The molecule has 7 heteroatoms. The number of carbonyl (C=O) groups is 2. The molecule has 22 heavy (non-hydrogen) atoms. The molecule has 1 unspecified atom stereocenters. The van der Waals surface area contributed by atoms with Crippen LogP contribution in [0.4, 0.5) is 19.3 Å². The molecule has 0 aliphatic rings. The van der Waals surface area contributed by atoms with Crippen molar-refractivity contribution in [1.82, 2.24) is 0 Å². The summed E-state index contributed by atoms with van der Waals surface area (Å²) in [6.45, 7) is 5.01. The molecule has 1 aromatic rings. The van der Waals surface area contributed by atoms with E-state index in [4.69, 9.17) is 9.84 Å². The molecule has 0 bridgehead atoms. The first kappa shape index (κ1) is 17.9. The smallest absolute Gasteiger partial charge is 0.412 e. The fourth-order valence-corrected chi connectivity index (χ4v) is 1.87. The Bertz CT molecular complexity index is 541. The maximum atomic E-state index is 13.1. The zero-order chi connectivity index (χ0) is 16.9. The lowest BCUT2D eigenvalue weighted by atomic mass is 9.94. The molecule has 0 fully saturated rings. The zero-order valence-electron chi connectivity index (χ0n) is 12.6. The number of amides is 1. The lowest BCUT2D eigenvalue weighted by Crippen LogP contribution is -2.28. The Hall–Kier alpha value is -2.18. The fourth-order valence-electron chi connectivity index (χ4n) is 1.87. The van der Waals surface area contributed by atoms with E-state index in [9.17, 15) is 18.4 Å². The van der Waals surface area contributed by atoms with Crippen molar-refractivity contribution in [1.29, 1.82) is 0 Å². The van der Waals surface area contributed by atoms with Gasteiger partial charge in [0.25, 0.3) is 0 Å². The average molecular weight is 315 g/mol. The first-order valence-corrected chi connectivity index (χ1v) is 6.69. The summed E-state index contributed by atoms with van der Waals surface area (Å²) in [5.74, 6) is -2.85. The third-order valence-electron chi connectivity index (χ3n) is 2.69. The molecule has 0 aromatic heterocycles. The van der Waals surface area contributed by atoms with Crippen LogP contribution in [0.3, 0.4) is 0 Å². The number of carbonyl (C=O) groups excluding carboxylic acids is 1. The summed E-state index contributed by atoms with van der Waals surface area (Å²) in [5.41, 5.74) is -0.559. The van der Waals surface area contributed by atoms with Crippen LogP contribution in [0.15, 0.2) is 24.3 Å². The number of ether oxygens (including phenoxy) is 1. The van der Waals surface area contributed by atoms with E-state index >= 15 is 0 Å². The van der Waals surface area contributed by atoms with Crippen molar-refractivity contribution in [2.45, 2.75) is 45.1 Å². The fraction of sp³-hybridized carbons (Fsp3) is 0.467. The second kappa shape index (κ2) is 7.20. The molecule has 1 rings (SSSR count). The highest BCUT2D eigenvalue weighted by atomic mass is 19.3. The summed E-state index contributed by atoms with van der Waals surface area (Å²) in [6, 6.07) is 5.86. The molecular weight excluding hydrogens is 296 g/mol. The van der Waals surface area contributed by atoms with Gasteiger partial charge in [-0.1, -0.05) is 18.2 Å². The summed E-state index contributed by atoms with van der Waals surface area (Å²) in [7, 11) is 0. The van der Waals surface area contributed by atoms with E-state index in [1.807, 2.05) is 0 Å². The van der Waals surface area contributed by atoms with Gasteiger partial charge in [-0.3, -0.25) is 10.1 Å². The van der Waals surface area contributed by atoms with Crippen molar-refractivity contribution in [3.05, 3.63) is 29.8 Å². The van der Waals surface area contributed by atoms with Crippen molar-refractivity contribution in [2.24, 2.45) is 0 Å². The summed E-state index contributed by atoms with van der Waals surface area (Å²) in [6.07, 6.45) is -4.38. The van der Waals surface area contributed by atoms with E-state index in [0.717, 1.165) is 0 Å². The molecule has 2 N–H and O–H groups in total. The molecular formula is C15H19F2NO4. The number of aliphatic carboxylic acids is 1. The van der Waals surface area contributed by atoms with Gasteiger partial charge in [-0.25, -0.2) is 13.6 Å². The third kappa shape index (κ3) is 5.67. The van der Waals surface area contributed by atoms with Gasteiger partial charge >= 0.3 is 12.1 Å². The average Bonchev–Trinajstić information content (AvgIpc) is 2.34. The molecule has 0 saturated heterocycles. The number of nitrogens with one attached hydrogen (secondary N) is 1. The minimum Gasteiger partial charge on any atom is -0.481 e. The maximum absolute atomic E-state index is 13.1. The number of rotatable bonds is 5. The summed E-state index contributed by atoms with van der Waals surface area (Å²) >= 11 is 0. The lowest BCUT2D eigenvalue weighted by Gasteiger charge is -2.22. The van der Waals surface area contributed by atoms with Gasteiger partial charge in [0.05, 0.1) is 12.3 Å². The Kier molecular flexibility index (Phi) is 5.84. The van der Waals surface area contributed by atoms with E-state index in [2.05, 4.69) is 5.32 Å². The number of hydrogen-bond donors (Lipinski definition) is 2. The highest BCUT2D eigenvalue weighted by Crippen LogP contribution is 2.32. The number of halogens is 2. The van der Waals surface area contributed by atoms with Crippen molar-refractivity contribution < 1.29 is 28.2 Å². The molecule has 0 aliphatic carbocycles. The van der Waals surface area contributed by atoms with Gasteiger partial charge in [-0.15, -0.1) is 0 Å². The van der Waals surface area contributed by atoms with Crippen LogP contribution in [0.1, 0.15) is 38.7 Å². The minimum atomic E-state index is -2.86. The molecule has 5 nitrogen and oxygen atoms in total. The Morgan fingerprint density at radius 3 is 2.36 bits per heavy atom. The first-order chi connectivity index (χ1) is 10.1. The van der Waals surface area contributed by atoms with Gasteiger partial charge in [-0.05, 0) is 32.4 Å². The first-order valence-electron chi connectivity index (χ1n) is 6.69. The van der Waals surface area contributed by atoms with Crippen LogP contribution in [0.25, 0.3) is 0 Å². The van der Waals surface area contributed by atoms with Crippen LogP contribution in [-0.2, 0) is 9.53 Å². The van der Waals surface area contributed by atoms with Crippen molar-refractivity contribution in [3.63, 3.8) is 0 Å². The molecule has 0 saturated carbocycles.